The van der Waals surface area contributed by atoms with Crippen LogP contribution in [0.5, 0.6) is 0 Å². The Bertz CT molecular complexity index is 1820. The summed E-state index contributed by atoms with van der Waals surface area (Å²) in [6.07, 6.45) is 50.0. The molecule has 552 valence electrons. The first-order valence-electron chi connectivity index (χ1n) is 38.4. The summed E-state index contributed by atoms with van der Waals surface area (Å²) < 4.78 is 68.4. The van der Waals surface area contributed by atoms with Crippen LogP contribution in [0.4, 0.5) is 0 Å². The number of ether oxygens (including phenoxy) is 4. The van der Waals surface area contributed by atoms with Crippen LogP contribution in [0, 0.1) is 17.8 Å². The molecule has 0 aliphatic carbocycles. The van der Waals surface area contributed by atoms with Crippen LogP contribution in [0.25, 0.3) is 0 Å². The third-order valence-corrected chi connectivity index (χ3v) is 19.4. The molecule has 3 N–H and O–H groups in total. The predicted octanol–water partition coefficient (Wildman–Crippen LogP) is 21.4. The summed E-state index contributed by atoms with van der Waals surface area (Å²) in [5, 5.41) is 10.6. The SMILES string of the molecule is CCCCCCCCCCCCCCCCCCCC(=O)O[C@H](COC(=O)CCCCCCCCCCCCCCC(C)C)COP(=O)(O)OC[C@@H](O)COP(=O)(O)OC[C@@H](COC(=O)CCCCCCCCC(C)CC)OC(=O)CCCCCCCCCCC(C)C. The zero-order chi connectivity index (χ0) is 68.7. The third kappa shape index (κ3) is 67.0. The second kappa shape index (κ2) is 64.7. The third-order valence-electron chi connectivity index (χ3n) is 17.5. The van der Waals surface area contributed by atoms with Gasteiger partial charge in [0.2, 0.25) is 0 Å². The number of rotatable bonds is 72. The number of aliphatic hydroxyl groups excluding tert-OH is 1. The minimum absolute atomic E-state index is 0.103. The van der Waals surface area contributed by atoms with Gasteiger partial charge >= 0.3 is 39.5 Å². The molecule has 0 saturated carbocycles. The molecule has 0 bridgehead atoms. The van der Waals surface area contributed by atoms with Crippen LogP contribution in [0.1, 0.15) is 376 Å². The molecule has 93 heavy (non-hydrogen) atoms. The van der Waals surface area contributed by atoms with Gasteiger partial charge in [0.15, 0.2) is 12.2 Å². The Morgan fingerprint density at radius 2 is 0.548 bits per heavy atom. The van der Waals surface area contributed by atoms with Crippen molar-refractivity contribution >= 4 is 39.5 Å². The average Bonchev–Trinajstić information content (AvgIpc) is 2.49. The maximum atomic E-state index is 13.1. The highest BCUT2D eigenvalue weighted by molar-refractivity contribution is 7.47. The Morgan fingerprint density at radius 3 is 0.817 bits per heavy atom. The molecule has 0 aromatic carbocycles. The minimum atomic E-state index is -4.96. The summed E-state index contributed by atoms with van der Waals surface area (Å²) in [6.45, 7) is 11.8. The number of aliphatic hydroxyl groups is 1. The normalized spacial score (nSPS) is 14.4. The van der Waals surface area contributed by atoms with Gasteiger partial charge in [-0.05, 0) is 43.4 Å². The lowest BCUT2D eigenvalue weighted by Crippen LogP contribution is -2.30. The zero-order valence-electron chi connectivity index (χ0n) is 60.7. The van der Waals surface area contributed by atoms with E-state index < -0.39 is 97.5 Å². The molecule has 0 radical (unpaired) electrons. The second-order valence-corrected chi connectivity index (χ2v) is 30.8. The number of hydrogen-bond donors (Lipinski definition) is 3. The number of phosphoric ester groups is 2. The molecule has 0 aliphatic heterocycles. The molecule has 19 heteroatoms. The fourth-order valence-electron chi connectivity index (χ4n) is 11.2. The number of esters is 4. The van der Waals surface area contributed by atoms with E-state index in [2.05, 4.69) is 48.5 Å². The van der Waals surface area contributed by atoms with Gasteiger partial charge in [-0.25, -0.2) is 9.13 Å². The van der Waals surface area contributed by atoms with Gasteiger partial charge in [0.25, 0.3) is 0 Å². The van der Waals surface area contributed by atoms with E-state index in [1.807, 2.05) is 0 Å². The fourth-order valence-corrected chi connectivity index (χ4v) is 12.8. The van der Waals surface area contributed by atoms with Gasteiger partial charge < -0.3 is 33.8 Å². The van der Waals surface area contributed by atoms with Crippen molar-refractivity contribution in [2.24, 2.45) is 17.8 Å². The topological polar surface area (TPSA) is 237 Å². The maximum Gasteiger partial charge on any atom is 0.472 e. The molecular formula is C74H144O17P2. The molecule has 0 fully saturated rings. The first-order valence-corrected chi connectivity index (χ1v) is 41.4. The molecular weight excluding hydrogens is 1220 g/mol. The van der Waals surface area contributed by atoms with E-state index in [1.165, 1.54) is 180 Å². The number of phosphoric acid groups is 2. The molecule has 17 nitrogen and oxygen atoms in total. The van der Waals surface area contributed by atoms with Crippen LogP contribution >= 0.6 is 15.6 Å². The first-order chi connectivity index (χ1) is 44.8. The molecule has 6 atom stereocenters. The van der Waals surface area contributed by atoms with Crippen molar-refractivity contribution in [2.75, 3.05) is 39.6 Å². The van der Waals surface area contributed by atoms with Gasteiger partial charge in [0.1, 0.15) is 19.3 Å². The lowest BCUT2D eigenvalue weighted by molar-refractivity contribution is -0.161. The van der Waals surface area contributed by atoms with Crippen LogP contribution in [0.15, 0.2) is 0 Å². The van der Waals surface area contributed by atoms with Crippen molar-refractivity contribution in [3.8, 4) is 0 Å². The van der Waals surface area contributed by atoms with Crippen LogP contribution in [-0.4, -0.2) is 96.7 Å². The van der Waals surface area contributed by atoms with E-state index in [1.54, 1.807) is 0 Å². The van der Waals surface area contributed by atoms with Gasteiger partial charge in [-0.15, -0.1) is 0 Å². The van der Waals surface area contributed by atoms with Crippen molar-refractivity contribution in [3.63, 3.8) is 0 Å². The first kappa shape index (κ1) is 91.1. The van der Waals surface area contributed by atoms with E-state index >= 15 is 0 Å². The number of carbonyl (C=O) groups is 4. The molecule has 0 aliphatic rings. The highest BCUT2D eigenvalue weighted by Gasteiger charge is 2.30. The smallest absolute Gasteiger partial charge is 0.462 e. The molecule has 0 amide bonds. The van der Waals surface area contributed by atoms with Crippen LogP contribution in [-0.2, 0) is 65.4 Å². The van der Waals surface area contributed by atoms with Gasteiger partial charge in [-0.2, -0.15) is 0 Å². The number of unbranched alkanes of at least 4 members (excludes halogenated alkanes) is 39. The van der Waals surface area contributed by atoms with Gasteiger partial charge in [-0.3, -0.25) is 37.3 Å². The molecule has 0 spiro atoms. The van der Waals surface area contributed by atoms with Crippen molar-refractivity contribution in [1.29, 1.82) is 0 Å². The van der Waals surface area contributed by atoms with Crippen molar-refractivity contribution in [1.82, 2.24) is 0 Å². The molecule has 0 aromatic rings. The summed E-state index contributed by atoms with van der Waals surface area (Å²) in [7, 11) is -9.91. The molecule has 3 unspecified atom stereocenters. The minimum Gasteiger partial charge on any atom is -0.462 e. The summed E-state index contributed by atoms with van der Waals surface area (Å²) in [5.74, 6) is 0.108. The molecule has 0 saturated heterocycles. The van der Waals surface area contributed by atoms with Crippen molar-refractivity contribution in [2.45, 2.75) is 394 Å². The van der Waals surface area contributed by atoms with Gasteiger partial charge in [-0.1, -0.05) is 325 Å². The summed E-state index contributed by atoms with van der Waals surface area (Å²) in [5.41, 5.74) is 0. The van der Waals surface area contributed by atoms with Crippen molar-refractivity contribution in [3.05, 3.63) is 0 Å². The highest BCUT2D eigenvalue weighted by Crippen LogP contribution is 2.45. The predicted molar refractivity (Wildman–Crippen MR) is 377 cm³/mol. The van der Waals surface area contributed by atoms with Gasteiger partial charge in [0, 0.05) is 25.7 Å². The van der Waals surface area contributed by atoms with Crippen LogP contribution in [0.3, 0.4) is 0 Å². The maximum absolute atomic E-state index is 13.1. The number of carbonyl (C=O) groups excluding carboxylic acids is 4. The summed E-state index contributed by atoms with van der Waals surface area (Å²) in [6, 6.07) is 0. The van der Waals surface area contributed by atoms with Crippen LogP contribution < -0.4 is 0 Å². The second-order valence-electron chi connectivity index (χ2n) is 27.9. The van der Waals surface area contributed by atoms with E-state index in [0.29, 0.717) is 25.7 Å². The van der Waals surface area contributed by atoms with Gasteiger partial charge in [0.05, 0.1) is 26.4 Å². The lowest BCUT2D eigenvalue weighted by Gasteiger charge is -2.21. The average molecular weight is 1370 g/mol. The Labute approximate surface area is 568 Å². The Balaban J connectivity index is 5.25. The molecule has 0 rings (SSSR count). The van der Waals surface area contributed by atoms with E-state index in [-0.39, 0.29) is 25.7 Å². The van der Waals surface area contributed by atoms with E-state index in [0.717, 1.165) is 114 Å². The summed E-state index contributed by atoms with van der Waals surface area (Å²) in [4.78, 5) is 72.7. The Morgan fingerprint density at radius 1 is 0.312 bits per heavy atom. The van der Waals surface area contributed by atoms with E-state index in [4.69, 9.17) is 37.0 Å². The standard InChI is InChI=1S/C74H144O17P2/c1-8-10-11-12-13-14-15-16-17-18-19-20-25-28-34-43-50-57-73(78)90-69(61-84-71(76)55-48-41-33-27-24-22-21-23-26-31-38-45-52-65(3)4)63-88-92(80,81)86-59-68(75)60-87-93(82,83)89-64-70(62-85-72(77)56-49-42-37-36-40-47-54-67(7)9-2)91-74(79)58-51-44-35-30-29-32-39-46-53-66(5)6/h65-70,75H,8-64H2,1-7H3,(H,80,81)(H,82,83)/t67?,68-,69-,70-/m1/s1. The fraction of sp³-hybridized carbons (Fsp3) is 0.946. The molecule has 0 heterocycles. The zero-order valence-corrected chi connectivity index (χ0v) is 62.5. The lowest BCUT2D eigenvalue weighted by atomic mass is 10.00. The van der Waals surface area contributed by atoms with E-state index in [9.17, 15) is 43.2 Å². The highest BCUT2D eigenvalue weighted by atomic mass is 31.2. The Kier molecular flexibility index (Phi) is 63.4. The molecule has 0 aromatic heterocycles. The van der Waals surface area contributed by atoms with Crippen molar-refractivity contribution < 1.29 is 80.2 Å². The monoisotopic (exact) mass is 1370 g/mol. The Hall–Kier alpha value is -1.94. The summed E-state index contributed by atoms with van der Waals surface area (Å²) >= 11 is 0. The largest absolute Gasteiger partial charge is 0.472 e. The quantitative estimate of drug-likeness (QED) is 0.0222. The van der Waals surface area contributed by atoms with Crippen LogP contribution in [0.2, 0.25) is 0 Å². The number of hydrogen-bond acceptors (Lipinski definition) is 15.